The Labute approximate surface area is 92.5 Å². The molecule has 0 aliphatic rings. The summed E-state index contributed by atoms with van der Waals surface area (Å²) in [5.74, 6) is 1.66. The van der Waals surface area contributed by atoms with Gasteiger partial charge >= 0.3 is 0 Å². The third kappa shape index (κ3) is 2.12. The van der Waals surface area contributed by atoms with Crippen LogP contribution in [0.3, 0.4) is 0 Å². The SMILES string of the molecule is COc1ccc(NCBr)c(OC)c1C. The second-order valence-electron chi connectivity index (χ2n) is 2.78. The maximum atomic E-state index is 5.31. The smallest absolute Gasteiger partial charge is 0.148 e. The summed E-state index contributed by atoms with van der Waals surface area (Å²) < 4.78 is 10.5. The molecule has 0 aromatic heterocycles. The zero-order chi connectivity index (χ0) is 10.6. The first kappa shape index (κ1) is 11.2. The molecule has 0 atom stereocenters. The van der Waals surface area contributed by atoms with E-state index in [1.54, 1.807) is 14.2 Å². The maximum absolute atomic E-state index is 5.31. The molecule has 1 rings (SSSR count). The van der Waals surface area contributed by atoms with Crippen LogP contribution in [0.25, 0.3) is 0 Å². The van der Waals surface area contributed by atoms with E-state index in [0.29, 0.717) is 5.45 Å². The lowest BCUT2D eigenvalue weighted by molar-refractivity contribution is 0.390. The van der Waals surface area contributed by atoms with E-state index in [-0.39, 0.29) is 0 Å². The fourth-order valence-corrected chi connectivity index (χ4v) is 1.67. The van der Waals surface area contributed by atoms with E-state index in [2.05, 4.69) is 21.2 Å². The number of alkyl halides is 1. The molecule has 0 aliphatic heterocycles. The third-order valence-electron chi connectivity index (χ3n) is 2.04. The van der Waals surface area contributed by atoms with Gasteiger partial charge in [-0.15, -0.1) is 0 Å². The van der Waals surface area contributed by atoms with Gasteiger partial charge in [-0.2, -0.15) is 0 Å². The molecular formula is C10H14BrNO2. The van der Waals surface area contributed by atoms with Crippen LogP contribution in [0.1, 0.15) is 5.56 Å². The first-order chi connectivity index (χ1) is 6.74. The predicted molar refractivity (Wildman–Crippen MR) is 61.7 cm³/mol. The Morgan fingerprint density at radius 1 is 1.29 bits per heavy atom. The summed E-state index contributed by atoms with van der Waals surface area (Å²) in [5, 5.41) is 3.16. The molecule has 0 bridgehead atoms. The molecule has 4 heteroatoms. The highest BCUT2D eigenvalue weighted by Crippen LogP contribution is 2.34. The standard InChI is InChI=1S/C10H14BrNO2/c1-7-9(13-2)5-4-8(12-6-11)10(7)14-3/h4-5,12H,6H2,1-3H3. The predicted octanol–water partition coefficient (Wildman–Crippen LogP) is 2.78. The minimum absolute atomic E-state index is 0.690. The molecule has 0 fully saturated rings. The normalized spacial score (nSPS) is 9.71. The quantitative estimate of drug-likeness (QED) is 0.667. The van der Waals surface area contributed by atoms with Crippen LogP contribution in [0.2, 0.25) is 0 Å². The van der Waals surface area contributed by atoms with Gasteiger partial charge in [-0.05, 0) is 19.1 Å². The Morgan fingerprint density at radius 2 is 2.00 bits per heavy atom. The lowest BCUT2D eigenvalue weighted by atomic mass is 10.1. The molecule has 0 saturated carbocycles. The number of ether oxygens (including phenoxy) is 2. The largest absolute Gasteiger partial charge is 0.496 e. The van der Waals surface area contributed by atoms with Gasteiger partial charge in [0.1, 0.15) is 11.5 Å². The second kappa shape index (κ2) is 5.10. The van der Waals surface area contributed by atoms with Gasteiger partial charge in [-0.25, -0.2) is 0 Å². The molecule has 78 valence electrons. The van der Waals surface area contributed by atoms with Crippen LogP contribution in [0.15, 0.2) is 12.1 Å². The van der Waals surface area contributed by atoms with Crippen molar-refractivity contribution in [3.63, 3.8) is 0 Å². The topological polar surface area (TPSA) is 30.5 Å². The Kier molecular flexibility index (Phi) is 4.07. The van der Waals surface area contributed by atoms with Crippen LogP contribution in [0, 0.1) is 6.92 Å². The summed E-state index contributed by atoms with van der Waals surface area (Å²) in [5.41, 5.74) is 2.65. The number of rotatable bonds is 4. The summed E-state index contributed by atoms with van der Waals surface area (Å²) in [7, 11) is 3.31. The lowest BCUT2D eigenvalue weighted by Crippen LogP contribution is -2.00. The van der Waals surface area contributed by atoms with Crippen LogP contribution in [-0.2, 0) is 0 Å². The minimum atomic E-state index is 0.690. The summed E-state index contributed by atoms with van der Waals surface area (Å²) >= 11 is 3.31. The first-order valence-corrected chi connectivity index (χ1v) is 5.38. The molecule has 1 N–H and O–H groups in total. The zero-order valence-corrected chi connectivity index (χ0v) is 10.1. The fourth-order valence-electron chi connectivity index (χ4n) is 1.37. The molecule has 0 unspecified atom stereocenters. The molecule has 0 spiro atoms. The van der Waals surface area contributed by atoms with Crippen molar-refractivity contribution in [3.8, 4) is 11.5 Å². The van der Waals surface area contributed by atoms with Crippen molar-refractivity contribution in [3.05, 3.63) is 17.7 Å². The van der Waals surface area contributed by atoms with Crippen molar-refractivity contribution in [2.45, 2.75) is 6.92 Å². The highest BCUT2D eigenvalue weighted by Gasteiger charge is 2.09. The van der Waals surface area contributed by atoms with Crippen molar-refractivity contribution in [1.29, 1.82) is 0 Å². The molecular weight excluding hydrogens is 246 g/mol. The summed E-state index contributed by atoms with van der Waals surface area (Å²) in [6, 6.07) is 3.86. The zero-order valence-electron chi connectivity index (χ0n) is 8.56. The van der Waals surface area contributed by atoms with Gasteiger partial charge in [0.2, 0.25) is 0 Å². The van der Waals surface area contributed by atoms with Gasteiger partial charge in [0.05, 0.1) is 25.4 Å². The summed E-state index contributed by atoms with van der Waals surface area (Å²) in [6.45, 7) is 1.97. The third-order valence-corrected chi connectivity index (χ3v) is 2.32. The van der Waals surface area contributed by atoms with E-state index >= 15 is 0 Å². The molecule has 1 aromatic carbocycles. The van der Waals surface area contributed by atoms with E-state index in [1.807, 2.05) is 19.1 Å². The van der Waals surface area contributed by atoms with Crippen molar-refractivity contribution in [1.82, 2.24) is 0 Å². The molecule has 0 aliphatic carbocycles. The van der Waals surface area contributed by atoms with Gasteiger partial charge < -0.3 is 14.8 Å². The Bertz CT molecular complexity index is 315. The number of nitrogens with one attached hydrogen (secondary N) is 1. The number of benzene rings is 1. The summed E-state index contributed by atoms with van der Waals surface area (Å²) in [6.07, 6.45) is 0. The Hall–Kier alpha value is -0.900. The maximum Gasteiger partial charge on any atom is 0.148 e. The highest BCUT2D eigenvalue weighted by molar-refractivity contribution is 9.09. The molecule has 0 heterocycles. The first-order valence-electron chi connectivity index (χ1n) is 4.26. The number of hydrogen-bond acceptors (Lipinski definition) is 3. The number of methoxy groups -OCH3 is 2. The average molecular weight is 260 g/mol. The van der Waals surface area contributed by atoms with E-state index in [9.17, 15) is 0 Å². The Balaban J connectivity index is 3.14. The van der Waals surface area contributed by atoms with Gasteiger partial charge in [-0.3, -0.25) is 0 Å². The van der Waals surface area contributed by atoms with E-state index in [1.165, 1.54) is 0 Å². The van der Waals surface area contributed by atoms with Crippen LogP contribution >= 0.6 is 15.9 Å². The lowest BCUT2D eigenvalue weighted by Gasteiger charge is -2.14. The molecule has 0 saturated heterocycles. The minimum Gasteiger partial charge on any atom is -0.496 e. The van der Waals surface area contributed by atoms with Crippen molar-refractivity contribution >= 4 is 21.6 Å². The van der Waals surface area contributed by atoms with Crippen molar-refractivity contribution in [2.24, 2.45) is 0 Å². The molecule has 0 amide bonds. The monoisotopic (exact) mass is 259 g/mol. The molecule has 3 nitrogen and oxygen atoms in total. The van der Waals surface area contributed by atoms with Crippen LogP contribution in [0.5, 0.6) is 11.5 Å². The summed E-state index contributed by atoms with van der Waals surface area (Å²) in [4.78, 5) is 0. The van der Waals surface area contributed by atoms with Gasteiger partial charge in [-0.1, -0.05) is 15.9 Å². The fraction of sp³-hybridized carbons (Fsp3) is 0.400. The van der Waals surface area contributed by atoms with Gasteiger partial charge in [0, 0.05) is 5.56 Å². The van der Waals surface area contributed by atoms with Gasteiger partial charge in [0.25, 0.3) is 0 Å². The van der Waals surface area contributed by atoms with E-state index in [4.69, 9.17) is 9.47 Å². The number of anilines is 1. The highest BCUT2D eigenvalue weighted by atomic mass is 79.9. The van der Waals surface area contributed by atoms with E-state index < -0.39 is 0 Å². The Morgan fingerprint density at radius 3 is 2.50 bits per heavy atom. The molecule has 1 aromatic rings. The molecule has 0 radical (unpaired) electrons. The van der Waals surface area contributed by atoms with Crippen LogP contribution in [0.4, 0.5) is 5.69 Å². The average Bonchev–Trinajstić information content (AvgIpc) is 2.19. The second-order valence-corrected chi connectivity index (χ2v) is 3.34. The van der Waals surface area contributed by atoms with Crippen LogP contribution < -0.4 is 14.8 Å². The van der Waals surface area contributed by atoms with Crippen molar-refractivity contribution < 1.29 is 9.47 Å². The van der Waals surface area contributed by atoms with E-state index in [0.717, 1.165) is 22.7 Å². The van der Waals surface area contributed by atoms with Crippen LogP contribution in [-0.4, -0.2) is 19.7 Å². The number of halogens is 1. The van der Waals surface area contributed by atoms with Gasteiger partial charge in [0.15, 0.2) is 0 Å². The molecule has 14 heavy (non-hydrogen) atoms. The number of hydrogen-bond donors (Lipinski definition) is 1. The van der Waals surface area contributed by atoms with Crippen molar-refractivity contribution in [2.75, 3.05) is 25.0 Å².